The zero-order valence-electron chi connectivity index (χ0n) is 13.0. The molecule has 8 heteroatoms. The Hall–Kier alpha value is 0.448. The van der Waals surface area contributed by atoms with Crippen LogP contribution in [-0.2, 0) is 17.7 Å². The molecular weight excluding hydrogens is 332 g/mol. The fourth-order valence-electron chi connectivity index (χ4n) is 1.31. The lowest BCUT2D eigenvalue weighted by Crippen LogP contribution is -2.41. The van der Waals surface area contributed by atoms with Crippen molar-refractivity contribution in [3.63, 3.8) is 0 Å². The van der Waals surface area contributed by atoms with Crippen LogP contribution in [0.25, 0.3) is 0 Å². The molecule has 0 aromatic heterocycles. The third kappa shape index (κ3) is 11.6. The molecule has 0 amide bonds. The molecule has 0 aromatic carbocycles. The molecule has 4 nitrogen and oxygen atoms in total. The van der Waals surface area contributed by atoms with E-state index >= 15 is 0 Å². The largest absolute Gasteiger partial charge is 0.457 e. The number of hydrogen-bond acceptors (Lipinski definition) is 4. The van der Waals surface area contributed by atoms with Crippen LogP contribution in [0.1, 0.15) is 16.3 Å². The van der Waals surface area contributed by atoms with Gasteiger partial charge in [-0.15, -0.1) is 6.58 Å². The van der Waals surface area contributed by atoms with Gasteiger partial charge >= 0.3 is 0 Å². The molecule has 0 bridgehead atoms. The standard InChI is InChI=1S/C11H28O4Si4.2CH4.H2/c1-10(17-15-18(2,3)4)19(5,6)14-16-9-12-7-11-8-13-11;;;/h11H,1,7-9,16-17H2,2-6H3;2*1H4;1H. The number of hydrogen-bond donors (Lipinski definition) is 0. The number of ether oxygens (including phenoxy) is 2. The molecule has 1 saturated heterocycles. The lowest BCUT2D eigenvalue weighted by Gasteiger charge is -2.28. The van der Waals surface area contributed by atoms with E-state index in [-0.39, 0.29) is 16.3 Å². The summed E-state index contributed by atoms with van der Waals surface area (Å²) in [5.41, 5.74) is 0. The third-order valence-electron chi connectivity index (χ3n) is 2.93. The molecule has 1 heterocycles. The number of epoxide rings is 1. The van der Waals surface area contributed by atoms with E-state index in [1.54, 1.807) is 0 Å². The maximum absolute atomic E-state index is 6.14. The molecule has 0 aliphatic carbocycles. The van der Waals surface area contributed by atoms with Gasteiger partial charge in [0.25, 0.3) is 0 Å². The fourth-order valence-corrected chi connectivity index (χ4v) is 10.2. The summed E-state index contributed by atoms with van der Waals surface area (Å²) in [5, 5.41) is 0. The van der Waals surface area contributed by atoms with Gasteiger partial charge < -0.3 is 17.7 Å². The Morgan fingerprint density at radius 1 is 1.24 bits per heavy atom. The highest BCUT2D eigenvalue weighted by Crippen LogP contribution is 2.15. The maximum atomic E-state index is 6.14. The van der Waals surface area contributed by atoms with Crippen molar-refractivity contribution >= 4 is 36.2 Å². The first-order chi connectivity index (χ1) is 8.71. The minimum absolute atomic E-state index is 0. The molecule has 0 saturated carbocycles. The minimum atomic E-state index is -1.75. The van der Waals surface area contributed by atoms with E-state index in [9.17, 15) is 0 Å². The average molecular weight is 371 g/mol. The van der Waals surface area contributed by atoms with Crippen molar-refractivity contribution in [1.82, 2.24) is 0 Å². The molecule has 1 aliphatic rings. The van der Waals surface area contributed by atoms with E-state index < -0.39 is 36.2 Å². The Morgan fingerprint density at radius 2 is 1.81 bits per heavy atom. The van der Waals surface area contributed by atoms with Crippen LogP contribution in [0.3, 0.4) is 0 Å². The second-order valence-electron chi connectivity index (χ2n) is 6.39. The topological polar surface area (TPSA) is 40.2 Å². The van der Waals surface area contributed by atoms with Crippen LogP contribution in [0.4, 0.5) is 0 Å². The van der Waals surface area contributed by atoms with Gasteiger partial charge in [-0.3, -0.25) is 0 Å². The molecular formula is C13H38O4Si4. The summed E-state index contributed by atoms with van der Waals surface area (Å²) in [5.74, 6) is 0. The predicted octanol–water partition coefficient (Wildman–Crippen LogP) is 2.17. The van der Waals surface area contributed by atoms with Gasteiger partial charge in [-0.25, -0.2) is 0 Å². The second-order valence-corrected chi connectivity index (χ2v) is 19.3. The van der Waals surface area contributed by atoms with Gasteiger partial charge in [0.2, 0.25) is 0 Å². The fraction of sp³-hybridized carbons (Fsp3) is 0.846. The molecule has 0 spiro atoms. The Kier molecular flexibility index (Phi) is 11.6. The normalized spacial score (nSPS) is 18.8. The summed E-state index contributed by atoms with van der Waals surface area (Å²) in [7, 11) is -4.41. The zero-order chi connectivity index (χ0) is 14.5. The van der Waals surface area contributed by atoms with Crippen LogP contribution in [0, 0.1) is 0 Å². The molecule has 1 unspecified atom stereocenters. The van der Waals surface area contributed by atoms with Crippen molar-refractivity contribution in [2.45, 2.75) is 53.7 Å². The van der Waals surface area contributed by atoms with Gasteiger partial charge in [0, 0.05) is 1.43 Å². The maximum Gasteiger partial charge on any atom is 0.198 e. The van der Waals surface area contributed by atoms with Crippen molar-refractivity contribution in [3.05, 3.63) is 11.4 Å². The highest BCUT2D eigenvalue weighted by atomic mass is 28.4. The van der Waals surface area contributed by atoms with Gasteiger partial charge in [0.15, 0.2) is 36.2 Å². The summed E-state index contributed by atoms with van der Waals surface area (Å²) in [6.45, 7) is 17.0. The first-order valence-corrected chi connectivity index (χ1v) is 16.0. The zero-order valence-corrected chi connectivity index (χ0v) is 17.8. The van der Waals surface area contributed by atoms with Crippen LogP contribution in [0.15, 0.2) is 11.4 Å². The van der Waals surface area contributed by atoms with Crippen LogP contribution in [0.5, 0.6) is 0 Å². The molecule has 1 fully saturated rings. The minimum Gasteiger partial charge on any atom is -0.457 e. The van der Waals surface area contributed by atoms with Crippen molar-refractivity contribution in [2.75, 3.05) is 19.4 Å². The summed E-state index contributed by atoms with van der Waals surface area (Å²) in [6.07, 6.45) is 1.13. The molecule has 21 heavy (non-hydrogen) atoms. The summed E-state index contributed by atoms with van der Waals surface area (Å²) in [6, 6.07) is 0. The van der Waals surface area contributed by atoms with E-state index in [1.807, 2.05) is 0 Å². The van der Waals surface area contributed by atoms with Crippen LogP contribution in [0.2, 0.25) is 32.7 Å². The third-order valence-corrected chi connectivity index (χ3v) is 16.2. The van der Waals surface area contributed by atoms with Crippen LogP contribution < -0.4 is 0 Å². The van der Waals surface area contributed by atoms with E-state index in [1.165, 1.54) is 4.82 Å². The van der Waals surface area contributed by atoms with Crippen LogP contribution in [-0.4, -0.2) is 61.7 Å². The Balaban J connectivity index is -0.00000120. The van der Waals surface area contributed by atoms with E-state index in [4.69, 9.17) is 17.7 Å². The van der Waals surface area contributed by atoms with Crippen molar-refractivity contribution in [2.24, 2.45) is 0 Å². The first kappa shape index (κ1) is 23.7. The lowest BCUT2D eigenvalue weighted by molar-refractivity contribution is 0.149. The van der Waals surface area contributed by atoms with E-state index in [0.29, 0.717) is 6.10 Å². The molecule has 1 rings (SSSR count). The second kappa shape index (κ2) is 10.3. The lowest BCUT2D eigenvalue weighted by atomic mass is 10.5. The number of rotatable bonds is 10. The predicted molar refractivity (Wildman–Crippen MR) is 105 cm³/mol. The van der Waals surface area contributed by atoms with Crippen molar-refractivity contribution in [1.29, 1.82) is 0 Å². The summed E-state index contributed by atoms with van der Waals surface area (Å²) in [4.78, 5) is 1.29. The Morgan fingerprint density at radius 3 is 2.29 bits per heavy atom. The van der Waals surface area contributed by atoms with Gasteiger partial charge in [0.05, 0.1) is 19.4 Å². The highest BCUT2D eigenvalue weighted by Gasteiger charge is 2.28. The molecule has 0 aromatic rings. The van der Waals surface area contributed by atoms with Crippen molar-refractivity contribution in [3.8, 4) is 0 Å². The van der Waals surface area contributed by atoms with Gasteiger partial charge in [-0.05, 0) is 32.7 Å². The van der Waals surface area contributed by atoms with Crippen LogP contribution >= 0.6 is 0 Å². The van der Waals surface area contributed by atoms with Gasteiger partial charge in [-0.1, -0.05) is 19.7 Å². The smallest absolute Gasteiger partial charge is 0.198 e. The van der Waals surface area contributed by atoms with Gasteiger partial charge in [0.1, 0.15) is 6.10 Å². The monoisotopic (exact) mass is 370 g/mol. The van der Waals surface area contributed by atoms with Crippen molar-refractivity contribution < 1.29 is 19.1 Å². The van der Waals surface area contributed by atoms with E-state index in [0.717, 1.165) is 19.4 Å². The Labute approximate surface area is 140 Å². The van der Waals surface area contributed by atoms with Gasteiger partial charge in [-0.2, -0.15) is 0 Å². The molecule has 1 atom stereocenters. The first-order valence-electron chi connectivity index (χ1n) is 6.86. The summed E-state index contributed by atoms with van der Waals surface area (Å²) >= 11 is 0. The molecule has 130 valence electrons. The average Bonchev–Trinajstić information content (AvgIpc) is 3.08. The SMILES string of the molecule is C.C.C=C([SiH2]O[Si](C)(C)C)[Si](C)(C)O[SiH2]COCC1CO1.[HH]. The summed E-state index contributed by atoms with van der Waals surface area (Å²) < 4.78 is 22.8. The Bertz CT molecular complexity index is 307. The quantitative estimate of drug-likeness (QED) is 0.336. The molecule has 1 aliphatic heterocycles. The molecule has 0 N–H and O–H groups in total. The molecule has 0 radical (unpaired) electrons. The highest BCUT2D eigenvalue weighted by molar-refractivity contribution is 6.92. The van der Waals surface area contributed by atoms with E-state index in [2.05, 4.69) is 39.3 Å².